The van der Waals surface area contributed by atoms with E-state index in [-0.39, 0.29) is 5.91 Å². The van der Waals surface area contributed by atoms with E-state index in [0.29, 0.717) is 11.4 Å². The first-order valence-corrected chi connectivity index (χ1v) is 7.73. The monoisotopic (exact) mass is 297 g/mol. The number of nitrogen functional groups attached to an aromatic ring is 1. The number of aromatic amines is 1. The molecule has 0 aliphatic heterocycles. The minimum absolute atomic E-state index is 0.174. The number of H-pyrrole nitrogens is 1. The van der Waals surface area contributed by atoms with Crippen LogP contribution in [0.2, 0.25) is 0 Å². The Labute approximate surface area is 126 Å². The van der Waals surface area contributed by atoms with Crippen molar-refractivity contribution in [3.05, 3.63) is 54.2 Å². The van der Waals surface area contributed by atoms with Crippen LogP contribution in [0.3, 0.4) is 0 Å². The molecule has 5 heteroatoms. The second kappa shape index (κ2) is 5.54. The molecule has 4 nitrogen and oxygen atoms in total. The average molecular weight is 297 g/mol. The fourth-order valence-electron chi connectivity index (χ4n) is 2.24. The molecule has 1 aromatic heterocycles. The lowest BCUT2D eigenvalue weighted by molar-refractivity contribution is 0.102. The van der Waals surface area contributed by atoms with Gasteiger partial charge < -0.3 is 16.0 Å². The summed E-state index contributed by atoms with van der Waals surface area (Å²) in [6.45, 7) is 0. The van der Waals surface area contributed by atoms with Gasteiger partial charge in [0.25, 0.3) is 5.91 Å². The molecule has 0 fully saturated rings. The first-order chi connectivity index (χ1) is 10.2. The van der Waals surface area contributed by atoms with Crippen molar-refractivity contribution in [1.82, 2.24) is 4.98 Å². The van der Waals surface area contributed by atoms with Crippen LogP contribution < -0.4 is 11.1 Å². The molecule has 2 aromatic carbocycles. The number of aromatic nitrogens is 1. The fraction of sp³-hybridized carbons (Fsp3) is 0.0625. The number of amides is 1. The molecule has 3 rings (SSSR count). The van der Waals surface area contributed by atoms with Crippen molar-refractivity contribution in [2.75, 3.05) is 17.3 Å². The topological polar surface area (TPSA) is 70.9 Å². The first kappa shape index (κ1) is 13.6. The van der Waals surface area contributed by atoms with E-state index in [1.54, 1.807) is 11.8 Å². The number of carbonyl (C=O) groups is 1. The van der Waals surface area contributed by atoms with E-state index in [2.05, 4.69) is 10.3 Å². The molecule has 0 aliphatic rings. The molecule has 0 atom stereocenters. The van der Waals surface area contributed by atoms with Crippen molar-refractivity contribution in [2.24, 2.45) is 0 Å². The van der Waals surface area contributed by atoms with Crippen LogP contribution in [0.25, 0.3) is 10.9 Å². The molecular weight excluding hydrogens is 282 g/mol. The van der Waals surface area contributed by atoms with Gasteiger partial charge in [0.05, 0.1) is 16.9 Å². The molecule has 0 spiro atoms. The molecule has 3 aromatic rings. The summed E-state index contributed by atoms with van der Waals surface area (Å²) >= 11 is 1.60. The smallest absolute Gasteiger partial charge is 0.272 e. The summed E-state index contributed by atoms with van der Waals surface area (Å²) in [7, 11) is 0. The Kier molecular flexibility index (Phi) is 3.58. The summed E-state index contributed by atoms with van der Waals surface area (Å²) in [5.74, 6) is -0.174. The predicted molar refractivity (Wildman–Crippen MR) is 88.9 cm³/mol. The van der Waals surface area contributed by atoms with Crippen molar-refractivity contribution < 1.29 is 4.79 Å². The van der Waals surface area contributed by atoms with Gasteiger partial charge in [0.2, 0.25) is 0 Å². The van der Waals surface area contributed by atoms with E-state index in [9.17, 15) is 4.79 Å². The number of nitrogens with one attached hydrogen (secondary N) is 2. The number of para-hydroxylation sites is 2. The number of hydrogen-bond acceptors (Lipinski definition) is 3. The summed E-state index contributed by atoms with van der Waals surface area (Å²) in [5.41, 5.74) is 8.64. The third kappa shape index (κ3) is 2.60. The zero-order valence-electron chi connectivity index (χ0n) is 11.5. The van der Waals surface area contributed by atoms with Crippen LogP contribution in [0.1, 0.15) is 10.5 Å². The molecule has 21 heavy (non-hydrogen) atoms. The predicted octanol–water partition coefficient (Wildman–Crippen LogP) is 3.72. The third-order valence-electron chi connectivity index (χ3n) is 3.29. The normalized spacial score (nSPS) is 10.7. The lowest BCUT2D eigenvalue weighted by Crippen LogP contribution is -2.12. The number of anilines is 2. The second-order valence-corrected chi connectivity index (χ2v) is 5.50. The van der Waals surface area contributed by atoms with Gasteiger partial charge >= 0.3 is 0 Å². The Morgan fingerprint density at radius 2 is 2.00 bits per heavy atom. The van der Waals surface area contributed by atoms with Gasteiger partial charge in [0.1, 0.15) is 5.69 Å². The molecule has 0 radical (unpaired) electrons. The standard InChI is InChI=1S/C16H15N3OS/c1-21-14-8-3-2-7-12(14)19-16(20)13-9-10-5-4-6-11(17)15(10)18-13/h2-9,18H,17H2,1H3,(H,19,20). The second-order valence-electron chi connectivity index (χ2n) is 4.65. The van der Waals surface area contributed by atoms with E-state index in [4.69, 9.17) is 5.73 Å². The molecule has 0 unspecified atom stereocenters. The Morgan fingerprint density at radius 3 is 2.76 bits per heavy atom. The molecule has 1 amide bonds. The molecule has 4 N–H and O–H groups in total. The lowest BCUT2D eigenvalue weighted by atomic mass is 10.2. The SMILES string of the molecule is CSc1ccccc1NC(=O)c1cc2cccc(N)c2[nH]1. The van der Waals surface area contributed by atoms with Crippen LogP contribution in [0, 0.1) is 0 Å². The van der Waals surface area contributed by atoms with Crippen LogP contribution in [0.4, 0.5) is 11.4 Å². The van der Waals surface area contributed by atoms with E-state index >= 15 is 0 Å². The van der Waals surface area contributed by atoms with Crippen LogP contribution in [0.5, 0.6) is 0 Å². The van der Waals surface area contributed by atoms with Crippen LogP contribution in [-0.4, -0.2) is 17.1 Å². The van der Waals surface area contributed by atoms with Gasteiger partial charge in [0.15, 0.2) is 0 Å². The Hall–Kier alpha value is -2.40. The number of fused-ring (bicyclic) bond motifs is 1. The highest BCUT2D eigenvalue weighted by atomic mass is 32.2. The summed E-state index contributed by atoms with van der Waals surface area (Å²) in [4.78, 5) is 16.5. The summed E-state index contributed by atoms with van der Waals surface area (Å²) < 4.78 is 0. The highest BCUT2D eigenvalue weighted by molar-refractivity contribution is 7.98. The molecule has 106 valence electrons. The van der Waals surface area contributed by atoms with Gasteiger partial charge in [-0.2, -0.15) is 0 Å². The lowest BCUT2D eigenvalue weighted by Gasteiger charge is -2.08. The molecular formula is C16H15N3OS. The number of rotatable bonds is 3. The van der Waals surface area contributed by atoms with Crippen molar-refractivity contribution in [1.29, 1.82) is 0 Å². The summed E-state index contributed by atoms with van der Waals surface area (Å²) in [6.07, 6.45) is 1.98. The molecule has 0 saturated carbocycles. The molecule has 0 saturated heterocycles. The van der Waals surface area contributed by atoms with Crippen LogP contribution in [0.15, 0.2) is 53.4 Å². The minimum atomic E-state index is -0.174. The summed E-state index contributed by atoms with van der Waals surface area (Å²) in [5, 5.41) is 3.86. The Morgan fingerprint density at radius 1 is 1.19 bits per heavy atom. The zero-order chi connectivity index (χ0) is 14.8. The number of benzene rings is 2. The minimum Gasteiger partial charge on any atom is -0.397 e. The van der Waals surface area contributed by atoms with Crippen LogP contribution >= 0.6 is 11.8 Å². The number of carbonyl (C=O) groups excluding carboxylic acids is 1. The van der Waals surface area contributed by atoms with Crippen molar-refractivity contribution in [3.8, 4) is 0 Å². The zero-order valence-corrected chi connectivity index (χ0v) is 12.3. The maximum atomic E-state index is 12.4. The highest BCUT2D eigenvalue weighted by Gasteiger charge is 2.12. The molecule has 1 heterocycles. The fourth-order valence-corrected chi connectivity index (χ4v) is 2.79. The van der Waals surface area contributed by atoms with Gasteiger partial charge in [-0.1, -0.05) is 24.3 Å². The molecule has 0 bridgehead atoms. The van der Waals surface area contributed by atoms with Gasteiger partial charge in [-0.3, -0.25) is 4.79 Å². The Balaban J connectivity index is 1.92. The van der Waals surface area contributed by atoms with E-state index in [1.807, 2.05) is 54.8 Å². The van der Waals surface area contributed by atoms with E-state index < -0.39 is 0 Å². The van der Waals surface area contributed by atoms with Crippen LogP contribution in [-0.2, 0) is 0 Å². The van der Waals surface area contributed by atoms with E-state index in [0.717, 1.165) is 21.5 Å². The Bertz CT molecular complexity index is 810. The number of nitrogens with two attached hydrogens (primary N) is 1. The van der Waals surface area contributed by atoms with E-state index in [1.165, 1.54) is 0 Å². The van der Waals surface area contributed by atoms with Gasteiger partial charge in [-0.25, -0.2) is 0 Å². The van der Waals surface area contributed by atoms with Gasteiger partial charge in [-0.15, -0.1) is 11.8 Å². The largest absolute Gasteiger partial charge is 0.397 e. The van der Waals surface area contributed by atoms with Gasteiger partial charge in [0, 0.05) is 10.3 Å². The maximum absolute atomic E-state index is 12.4. The number of hydrogen-bond donors (Lipinski definition) is 3. The quantitative estimate of drug-likeness (QED) is 0.509. The number of thioether (sulfide) groups is 1. The molecule has 0 aliphatic carbocycles. The van der Waals surface area contributed by atoms with Crippen molar-refractivity contribution >= 4 is 39.9 Å². The summed E-state index contributed by atoms with van der Waals surface area (Å²) in [6, 6.07) is 15.1. The maximum Gasteiger partial charge on any atom is 0.272 e. The van der Waals surface area contributed by atoms with Crippen molar-refractivity contribution in [3.63, 3.8) is 0 Å². The first-order valence-electron chi connectivity index (χ1n) is 6.50. The highest BCUT2D eigenvalue weighted by Crippen LogP contribution is 2.26. The van der Waals surface area contributed by atoms with Gasteiger partial charge in [-0.05, 0) is 30.5 Å². The average Bonchev–Trinajstić information content (AvgIpc) is 2.93. The third-order valence-corrected chi connectivity index (χ3v) is 4.08. The van der Waals surface area contributed by atoms with Crippen molar-refractivity contribution in [2.45, 2.75) is 4.90 Å².